The minimum absolute atomic E-state index is 0.0323. The zero-order valence-electron chi connectivity index (χ0n) is 14.9. The molecule has 3 rings (SSSR count). The Labute approximate surface area is 177 Å². The van der Waals surface area contributed by atoms with Gasteiger partial charge in [0.2, 0.25) is 0 Å². The molecular formula is C20H17ClNO4S2-. The van der Waals surface area contributed by atoms with Gasteiger partial charge in [-0.3, -0.25) is 9.69 Å². The molecule has 1 aliphatic rings. The number of hydrogen-bond donors (Lipinski definition) is 0. The van der Waals surface area contributed by atoms with Crippen molar-refractivity contribution in [2.75, 3.05) is 6.54 Å². The van der Waals surface area contributed by atoms with E-state index in [2.05, 4.69) is 0 Å². The van der Waals surface area contributed by atoms with Crippen LogP contribution < -0.4 is 5.11 Å². The maximum Gasteiger partial charge on any atom is 0.266 e. The van der Waals surface area contributed by atoms with Crippen LogP contribution in [0.4, 0.5) is 0 Å². The fourth-order valence-corrected chi connectivity index (χ4v) is 4.29. The molecule has 8 heteroatoms. The summed E-state index contributed by atoms with van der Waals surface area (Å²) in [6.45, 7) is 0.470. The van der Waals surface area contributed by atoms with Gasteiger partial charge in [-0.1, -0.05) is 54.1 Å². The number of carboxylic acids is 1. The first-order chi connectivity index (χ1) is 13.5. The van der Waals surface area contributed by atoms with Crippen LogP contribution in [0, 0.1) is 0 Å². The van der Waals surface area contributed by atoms with Crippen LogP contribution in [0.2, 0.25) is 5.02 Å². The lowest BCUT2D eigenvalue weighted by Crippen LogP contribution is -2.29. The van der Waals surface area contributed by atoms with Gasteiger partial charge in [-0.2, -0.15) is 0 Å². The lowest BCUT2D eigenvalue weighted by Gasteiger charge is -2.14. The lowest BCUT2D eigenvalue weighted by molar-refractivity contribution is -0.305. The second-order valence-electron chi connectivity index (χ2n) is 6.20. The molecule has 0 saturated carbocycles. The summed E-state index contributed by atoms with van der Waals surface area (Å²) in [5.41, 5.74) is 0.785. The van der Waals surface area contributed by atoms with E-state index in [9.17, 15) is 14.7 Å². The van der Waals surface area contributed by atoms with E-state index in [1.807, 2.05) is 24.3 Å². The van der Waals surface area contributed by atoms with Gasteiger partial charge in [0.05, 0.1) is 9.93 Å². The van der Waals surface area contributed by atoms with E-state index in [0.717, 1.165) is 5.56 Å². The highest BCUT2D eigenvalue weighted by molar-refractivity contribution is 8.26. The average Bonchev–Trinajstić information content (AvgIpc) is 3.21. The third kappa shape index (κ3) is 5.04. The molecule has 0 atom stereocenters. The van der Waals surface area contributed by atoms with Crippen molar-refractivity contribution in [3.05, 3.63) is 52.1 Å². The van der Waals surface area contributed by atoms with Crippen molar-refractivity contribution in [1.82, 2.24) is 4.90 Å². The molecule has 0 unspecified atom stereocenters. The topological polar surface area (TPSA) is 73.6 Å². The van der Waals surface area contributed by atoms with E-state index in [-0.39, 0.29) is 12.3 Å². The minimum Gasteiger partial charge on any atom is -0.550 e. The van der Waals surface area contributed by atoms with Gasteiger partial charge in [0.1, 0.15) is 15.8 Å². The van der Waals surface area contributed by atoms with Gasteiger partial charge in [0.25, 0.3) is 5.91 Å². The highest BCUT2D eigenvalue weighted by Gasteiger charge is 2.31. The average molecular weight is 435 g/mol. The molecule has 1 fully saturated rings. The normalized spacial score (nSPS) is 15.6. The van der Waals surface area contributed by atoms with E-state index in [1.54, 1.807) is 23.1 Å². The number of hydrogen-bond acceptors (Lipinski definition) is 6. The van der Waals surface area contributed by atoms with Gasteiger partial charge in [-0.05, 0) is 43.5 Å². The first kappa shape index (κ1) is 20.6. The third-order valence-electron chi connectivity index (χ3n) is 4.18. The number of aliphatic carboxylic acids is 1. The Hall–Kier alpha value is -2.09. The number of rotatable bonds is 8. The highest BCUT2D eigenvalue weighted by atomic mass is 35.5. The molecule has 1 amide bonds. The van der Waals surface area contributed by atoms with Crippen molar-refractivity contribution < 1.29 is 19.1 Å². The van der Waals surface area contributed by atoms with Crippen molar-refractivity contribution in [2.24, 2.45) is 0 Å². The zero-order valence-corrected chi connectivity index (χ0v) is 17.2. The monoisotopic (exact) mass is 434 g/mol. The summed E-state index contributed by atoms with van der Waals surface area (Å²) in [4.78, 5) is 25.1. The van der Waals surface area contributed by atoms with Crippen LogP contribution >= 0.6 is 35.6 Å². The zero-order chi connectivity index (χ0) is 20.1. The van der Waals surface area contributed by atoms with Gasteiger partial charge in [0, 0.05) is 24.2 Å². The van der Waals surface area contributed by atoms with E-state index < -0.39 is 5.97 Å². The summed E-state index contributed by atoms with van der Waals surface area (Å²) in [5, 5.41) is 11.0. The van der Waals surface area contributed by atoms with E-state index >= 15 is 0 Å². The molecule has 28 heavy (non-hydrogen) atoms. The number of benzene rings is 1. The summed E-state index contributed by atoms with van der Waals surface area (Å²) in [6, 6.07) is 11.0. The Morgan fingerprint density at radius 3 is 2.75 bits per heavy atom. The Kier molecular flexibility index (Phi) is 6.93. The summed E-state index contributed by atoms with van der Waals surface area (Å²) < 4.78 is 6.31. The summed E-state index contributed by atoms with van der Waals surface area (Å²) >= 11 is 12.7. The number of carboxylic acid groups (broad SMARTS) is 1. The highest BCUT2D eigenvalue weighted by Crippen LogP contribution is 2.34. The van der Waals surface area contributed by atoms with Crippen molar-refractivity contribution in [3.8, 4) is 11.3 Å². The number of carbonyl (C=O) groups is 2. The molecule has 1 aromatic heterocycles. The van der Waals surface area contributed by atoms with E-state index in [4.69, 9.17) is 28.2 Å². The van der Waals surface area contributed by atoms with Crippen LogP contribution in [0.5, 0.6) is 0 Å². The first-order valence-corrected chi connectivity index (χ1v) is 10.4. The molecule has 1 aromatic carbocycles. The number of furan rings is 1. The lowest BCUT2D eigenvalue weighted by atomic mass is 10.2. The number of halogens is 1. The maximum atomic E-state index is 12.6. The molecule has 0 bridgehead atoms. The number of amides is 1. The molecule has 0 radical (unpaired) electrons. The standard InChI is InChI=1S/C20H18ClNO4S2/c21-15-7-4-3-6-14(15)16-10-9-13(26-16)12-17-19(25)22(20(27)28-17)11-5-1-2-8-18(23)24/h3-4,6-7,9-10,12H,1-2,5,8,11H2,(H,23,24)/p-1. The Morgan fingerprint density at radius 1 is 1.21 bits per heavy atom. The maximum absolute atomic E-state index is 12.6. The molecule has 146 valence electrons. The number of carbonyl (C=O) groups excluding carboxylic acids is 2. The Balaban J connectivity index is 1.64. The predicted octanol–water partition coefficient (Wildman–Crippen LogP) is 4.11. The van der Waals surface area contributed by atoms with Crippen LogP contribution in [0.15, 0.2) is 45.7 Å². The molecular weight excluding hydrogens is 418 g/mol. The fourth-order valence-electron chi connectivity index (χ4n) is 2.77. The number of unbranched alkanes of at least 4 members (excludes halogenated alkanes) is 2. The summed E-state index contributed by atoms with van der Waals surface area (Å²) in [7, 11) is 0. The van der Waals surface area contributed by atoms with Gasteiger partial charge in [-0.25, -0.2) is 0 Å². The van der Waals surface area contributed by atoms with Crippen LogP contribution in [-0.2, 0) is 9.59 Å². The number of nitrogens with zero attached hydrogens (tertiary/aromatic N) is 1. The predicted molar refractivity (Wildman–Crippen MR) is 113 cm³/mol. The molecule has 1 aliphatic heterocycles. The smallest absolute Gasteiger partial charge is 0.266 e. The van der Waals surface area contributed by atoms with Crippen molar-refractivity contribution in [2.45, 2.75) is 25.7 Å². The quantitative estimate of drug-likeness (QED) is 0.353. The van der Waals surface area contributed by atoms with Gasteiger partial charge in [0.15, 0.2) is 0 Å². The van der Waals surface area contributed by atoms with E-state index in [1.165, 1.54) is 11.8 Å². The SMILES string of the molecule is O=C([O-])CCCCCN1C(=O)C(=Cc2ccc(-c3ccccc3Cl)o2)SC1=S. The van der Waals surface area contributed by atoms with Gasteiger partial charge in [-0.15, -0.1) is 0 Å². The molecule has 0 aliphatic carbocycles. The van der Waals surface area contributed by atoms with Crippen molar-refractivity contribution in [1.29, 1.82) is 0 Å². The van der Waals surface area contributed by atoms with Gasteiger partial charge < -0.3 is 14.3 Å². The van der Waals surface area contributed by atoms with Gasteiger partial charge >= 0.3 is 0 Å². The van der Waals surface area contributed by atoms with Crippen LogP contribution in [0.1, 0.15) is 31.4 Å². The van der Waals surface area contributed by atoms with Crippen molar-refractivity contribution >= 4 is 57.9 Å². The van der Waals surface area contributed by atoms with Crippen LogP contribution in [-0.4, -0.2) is 27.6 Å². The molecule has 2 aromatic rings. The van der Waals surface area contributed by atoms with Crippen molar-refractivity contribution in [3.63, 3.8) is 0 Å². The Bertz CT molecular complexity index is 938. The van der Waals surface area contributed by atoms with Crippen LogP contribution in [0.25, 0.3) is 17.4 Å². The van der Waals surface area contributed by atoms with E-state index in [0.29, 0.717) is 51.6 Å². The molecule has 1 saturated heterocycles. The summed E-state index contributed by atoms with van der Waals surface area (Å²) in [5.74, 6) is -0.0432. The molecule has 5 nitrogen and oxygen atoms in total. The Morgan fingerprint density at radius 2 is 2.00 bits per heavy atom. The minimum atomic E-state index is -1.05. The first-order valence-electron chi connectivity index (χ1n) is 8.75. The fraction of sp³-hybridized carbons (Fsp3) is 0.250. The molecule has 2 heterocycles. The number of thiocarbonyl (C=S) groups is 1. The largest absolute Gasteiger partial charge is 0.550 e. The molecule has 0 spiro atoms. The third-order valence-corrected chi connectivity index (χ3v) is 5.88. The second-order valence-corrected chi connectivity index (χ2v) is 8.28. The summed E-state index contributed by atoms with van der Waals surface area (Å²) in [6.07, 6.45) is 3.62. The van der Waals surface area contributed by atoms with Crippen LogP contribution in [0.3, 0.4) is 0 Å². The second kappa shape index (κ2) is 9.41. The number of thioether (sulfide) groups is 1. The molecule has 0 N–H and O–H groups in total.